The second-order valence-electron chi connectivity index (χ2n) is 4.66. The van der Waals surface area contributed by atoms with Crippen molar-refractivity contribution in [2.24, 2.45) is 0 Å². The average molecular weight is 310 g/mol. The molecule has 0 aliphatic rings. The Morgan fingerprint density at radius 1 is 1.05 bits per heavy atom. The molecule has 0 saturated heterocycles. The third-order valence-electron chi connectivity index (χ3n) is 3.12. The third kappa shape index (κ3) is 4.25. The number of carboxylic acids is 1. The lowest BCUT2D eigenvalue weighted by atomic mass is 9.92. The first-order valence-corrected chi connectivity index (χ1v) is 6.48. The number of hydrogen-bond acceptors (Lipinski definition) is 2. The lowest BCUT2D eigenvalue weighted by Gasteiger charge is -2.17. The van der Waals surface area contributed by atoms with Crippen LogP contribution in [0.1, 0.15) is 17.0 Å². The van der Waals surface area contributed by atoms with Crippen LogP contribution in [0.15, 0.2) is 54.6 Å². The Hall–Kier alpha value is -2.50. The highest BCUT2D eigenvalue weighted by Crippen LogP contribution is 2.30. The van der Waals surface area contributed by atoms with Gasteiger partial charge in [0.1, 0.15) is 5.75 Å². The molecular weight excluding hydrogens is 297 g/mol. The predicted molar refractivity (Wildman–Crippen MR) is 73.6 cm³/mol. The van der Waals surface area contributed by atoms with E-state index in [4.69, 9.17) is 0 Å². The maximum Gasteiger partial charge on any atom is 0.573 e. The second kappa shape index (κ2) is 6.51. The van der Waals surface area contributed by atoms with E-state index in [0.29, 0.717) is 5.56 Å². The van der Waals surface area contributed by atoms with Crippen LogP contribution in [0.5, 0.6) is 5.75 Å². The molecule has 0 amide bonds. The number of ether oxygens (including phenoxy) is 1. The van der Waals surface area contributed by atoms with Crippen LogP contribution in [0.4, 0.5) is 13.2 Å². The van der Waals surface area contributed by atoms with Crippen LogP contribution in [-0.2, 0) is 11.2 Å². The summed E-state index contributed by atoms with van der Waals surface area (Å²) in [6, 6.07) is 13.9. The molecule has 1 atom stereocenters. The van der Waals surface area contributed by atoms with Crippen molar-refractivity contribution in [3.63, 3.8) is 0 Å². The fraction of sp³-hybridized carbons (Fsp3) is 0.188. The van der Waals surface area contributed by atoms with Gasteiger partial charge in [-0.3, -0.25) is 4.79 Å². The smallest absolute Gasteiger partial charge is 0.481 e. The van der Waals surface area contributed by atoms with Crippen molar-refractivity contribution in [1.82, 2.24) is 0 Å². The van der Waals surface area contributed by atoms with E-state index in [2.05, 4.69) is 4.74 Å². The van der Waals surface area contributed by atoms with Crippen molar-refractivity contribution >= 4 is 5.97 Å². The van der Waals surface area contributed by atoms with Gasteiger partial charge in [0, 0.05) is 0 Å². The van der Waals surface area contributed by atoms with Crippen LogP contribution in [0, 0.1) is 0 Å². The molecule has 0 bridgehead atoms. The summed E-state index contributed by atoms with van der Waals surface area (Å²) in [6.45, 7) is 0. The summed E-state index contributed by atoms with van der Waals surface area (Å²) < 4.78 is 41.2. The van der Waals surface area contributed by atoms with E-state index in [1.165, 1.54) is 18.2 Å². The number of halogens is 3. The number of alkyl halides is 3. The van der Waals surface area contributed by atoms with Crippen LogP contribution >= 0.6 is 0 Å². The van der Waals surface area contributed by atoms with E-state index in [9.17, 15) is 23.1 Å². The van der Waals surface area contributed by atoms with Crippen LogP contribution in [0.25, 0.3) is 0 Å². The highest BCUT2D eigenvalue weighted by molar-refractivity contribution is 5.76. The molecule has 0 aromatic heterocycles. The number of carbonyl (C=O) groups is 1. The van der Waals surface area contributed by atoms with Gasteiger partial charge in [0.15, 0.2) is 0 Å². The molecule has 2 aromatic rings. The molecule has 2 rings (SSSR count). The Morgan fingerprint density at radius 2 is 1.64 bits per heavy atom. The van der Waals surface area contributed by atoms with Gasteiger partial charge in [-0.05, 0) is 23.6 Å². The average Bonchev–Trinajstić information content (AvgIpc) is 2.45. The van der Waals surface area contributed by atoms with E-state index in [0.717, 1.165) is 0 Å². The zero-order chi connectivity index (χ0) is 16.2. The molecule has 0 radical (unpaired) electrons. The predicted octanol–water partition coefficient (Wildman–Crippen LogP) is 4.00. The van der Waals surface area contributed by atoms with Gasteiger partial charge >= 0.3 is 12.3 Å². The van der Waals surface area contributed by atoms with E-state index in [1.54, 1.807) is 36.4 Å². The molecule has 1 N–H and O–H groups in total. The van der Waals surface area contributed by atoms with E-state index in [-0.39, 0.29) is 17.7 Å². The van der Waals surface area contributed by atoms with Gasteiger partial charge in [-0.15, -0.1) is 13.2 Å². The Labute approximate surface area is 125 Å². The van der Waals surface area contributed by atoms with Gasteiger partial charge in [0.05, 0.1) is 5.92 Å². The van der Waals surface area contributed by atoms with Gasteiger partial charge < -0.3 is 9.84 Å². The van der Waals surface area contributed by atoms with Crippen molar-refractivity contribution in [3.8, 4) is 5.75 Å². The molecule has 3 nitrogen and oxygen atoms in total. The van der Waals surface area contributed by atoms with Crippen LogP contribution < -0.4 is 4.74 Å². The van der Waals surface area contributed by atoms with E-state index >= 15 is 0 Å². The molecule has 0 aliphatic carbocycles. The van der Waals surface area contributed by atoms with Gasteiger partial charge in [0.25, 0.3) is 0 Å². The minimum absolute atomic E-state index is 0.0917. The molecule has 0 fully saturated rings. The first-order valence-electron chi connectivity index (χ1n) is 6.48. The first-order chi connectivity index (χ1) is 10.4. The molecular formula is C16H13F3O3. The summed E-state index contributed by atoms with van der Waals surface area (Å²) in [6.07, 6.45) is -4.91. The van der Waals surface area contributed by atoms with Crippen molar-refractivity contribution in [1.29, 1.82) is 0 Å². The SMILES string of the molecule is O=C(O)[C@H](Cc1ccccc1OC(F)(F)F)c1ccccc1. The highest BCUT2D eigenvalue weighted by atomic mass is 19.4. The summed E-state index contributed by atoms with van der Waals surface area (Å²) >= 11 is 0. The largest absolute Gasteiger partial charge is 0.573 e. The Balaban J connectivity index is 2.30. The zero-order valence-corrected chi connectivity index (χ0v) is 11.4. The van der Waals surface area contributed by atoms with Crippen LogP contribution in [0.3, 0.4) is 0 Å². The zero-order valence-electron chi connectivity index (χ0n) is 11.4. The molecule has 22 heavy (non-hydrogen) atoms. The Morgan fingerprint density at radius 3 is 2.23 bits per heavy atom. The quantitative estimate of drug-likeness (QED) is 0.908. The maximum absolute atomic E-state index is 12.4. The normalized spacial score (nSPS) is 12.7. The van der Waals surface area contributed by atoms with Gasteiger partial charge in [-0.1, -0.05) is 48.5 Å². The summed E-state index contributed by atoms with van der Waals surface area (Å²) in [5, 5.41) is 9.35. The topological polar surface area (TPSA) is 46.5 Å². The maximum atomic E-state index is 12.4. The number of hydrogen-bond donors (Lipinski definition) is 1. The number of rotatable bonds is 5. The standard InChI is InChI=1S/C16H13F3O3/c17-16(18,19)22-14-9-5-4-8-12(14)10-13(15(20)21)11-6-2-1-3-7-11/h1-9,13H,10H2,(H,20,21)/t13-/m1/s1. The lowest BCUT2D eigenvalue weighted by Crippen LogP contribution is -2.20. The van der Waals surface area contributed by atoms with Crippen molar-refractivity contribution < 1.29 is 27.8 Å². The molecule has 0 heterocycles. The van der Waals surface area contributed by atoms with E-state index in [1.807, 2.05) is 0 Å². The number of para-hydroxylation sites is 1. The molecule has 116 valence electrons. The molecule has 0 spiro atoms. The van der Waals surface area contributed by atoms with Crippen LogP contribution in [-0.4, -0.2) is 17.4 Å². The first kappa shape index (κ1) is 15.9. The fourth-order valence-electron chi connectivity index (χ4n) is 2.15. The van der Waals surface area contributed by atoms with Gasteiger partial charge in [0.2, 0.25) is 0 Å². The summed E-state index contributed by atoms with van der Waals surface area (Å²) in [5.41, 5.74) is 0.716. The highest BCUT2D eigenvalue weighted by Gasteiger charge is 2.32. The Bertz CT molecular complexity index is 639. The summed E-state index contributed by atoms with van der Waals surface area (Å²) in [5.74, 6) is -2.43. The Kier molecular flexibility index (Phi) is 4.70. The van der Waals surface area contributed by atoms with Crippen molar-refractivity contribution in [3.05, 3.63) is 65.7 Å². The fourth-order valence-corrected chi connectivity index (χ4v) is 2.15. The number of aliphatic carboxylic acids is 1. The van der Waals surface area contributed by atoms with Crippen LogP contribution in [0.2, 0.25) is 0 Å². The minimum atomic E-state index is -4.82. The third-order valence-corrected chi connectivity index (χ3v) is 3.12. The number of benzene rings is 2. The molecule has 6 heteroatoms. The van der Waals surface area contributed by atoms with Crippen molar-refractivity contribution in [2.45, 2.75) is 18.7 Å². The van der Waals surface area contributed by atoms with E-state index < -0.39 is 18.2 Å². The number of carboxylic acid groups (broad SMARTS) is 1. The molecule has 0 unspecified atom stereocenters. The minimum Gasteiger partial charge on any atom is -0.481 e. The molecule has 2 aromatic carbocycles. The molecule has 0 saturated carbocycles. The monoisotopic (exact) mass is 310 g/mol. The second-order valence-corrected chi connectivity index (χ2v) is 4.66. The lowest BCUT2D eigenvalue weighted by molar-refractivity contribution is -0.274. The van der Waals surface area contributed by atoms with Gasteiger partial charge in [-0.25, -0.2) is 0 Å². The van der Waals surface area contributed by atoms with Crippen molar-refractivity contribution in [2.75, 3.05) is 0 Å². The summed E-state index contributed by atoms with van der Waals surface area (Å²) in [7, 11) is 0. The van der Waals surface area contributed by atoms with Gasteiger partial charge in [-0.2, -0.15) is 0 Å². The molecule has 0 aliphatic heterocycles. The summed E-state index contributed by atoms with van der Waals surface area (Å²) in [4.78, 5) is 11.4.